The lowest BCUT2D eigenvalue weighted by Crippen LogP contribution is -1.92. The molecule has 2 heterocycles. The summed E-state index contributed by atoms with van der Waals surface area (Å²) in [6.07, 6.45) is 2.41. The van der Waals surface area contributed by atoms with Crippen molar-refractivity contribution in [3.05, 3.63) is 29.7 Å². The van der Waals surface area contributed by atoms with E-state index in [1.54, 1.807) is 30.0 Å². The minimum absolute atomic E-state index is 0.373. The highest BCUT2D eigenvalue weighted by Gasteiger charge is 2.02. The van der Waals surface area contributed by atoms with Gasteiger partial charge in [0.1, 0.15) is 6.61 Å². The van der Waals surface area contributed by atoms with Crippen molar-refractivity contribution in [3.63, 3.8) is 0 Å². The Balaban J connectivity index is 2.48. The van der Waals surface area contributed by atoms with Crippen molar-refractivity contribution >= 4 is 11.9 Å². The van der Waals surface area contributed by atoms with Crippen LogP contribution >= 0.6 is 0 Å². The van der Waals surface area contributed by atoms with Gasteiger partial charge in [0.05, 0.1) is 0 Å². The molecule has 5 nitrogen and oxygen atoms in total. The van der Waals surface area contributed by atoms with Crippen LogP contribution in [0.1, 0.15) is 16.2 Å². The van der Waals surface area contributed by atoms with Crippen molar-refractivity contribution in [2.24, 2.45) is 0 Å². The summed E-state index contributed by atoms with van der Waals surface area (Å²) in [5.74, 6) is 0.607. The highest BCUT2D eigenvalue weighted by molar-refractivity contribution is 5.74. The standard InChI is InChI=1S/C9H9N3O2/c1-14-6-8-10-9-3-2-7(5-13)4-12(9)11-8/h2-5H,6H2,1H3. The predicted molar refractivity (Wildman–Crippen MR) is 49.1 cm³/mol. The van der Waals surface area contributed by atoms with Crippen LogP contribution in [0.15, 0.2) is 18.3 Å². The maximum atomic E-state index is 10.5. The molecule has 0 unspecified atom stereocenters. The minimum atomic E-state index is 0.373. The van der Waals surface area contributed by atoms with Gasteiger partial charge in [-0.2, -0.15) is 0 Å². The number of nitrogens with zero attached hydrogens (tertiary/aromatic N) is 3. The van der Waals surface area contributed by atoms with E-state index in [1.807, 2.05) is 0 Å². The molecule has 0 fully saturated rings. The van der Waals surface area contributed by atoms with Gasteiger partial charge in [0.15, 0.2) is 17.8 Å². The first-order valence-electron chi connectivity index (χ1n) is 4.13. The third-order valence-electron chi connectivity index (χ3n) is 1.81. The summed E-state index contributed by atoms with van der Waals surface area (Å²) in [4.78, 5) is 14.7. The molecule has 0 N–H and O–H groups in total. The van der Waals surface area contributed by atoms with E-state index < -0.39 is 0 Å². The average Bonchev–Trinajstić information content (AvgIpc) is 2.59. The molecule has 0 atom stereocenters. The Morgan fingerprint density at radius 3 is 3.14 bits per heavy atom. The normalized spacial score (nSPS) is 10.6. The smallest absolute Gasteiger partial charge is 0.177 e. The van der Waals surface area contributed by atoms with Gasteiger partial charge in [-0.15, -0.1) is 5.10 Å². The van der Waals surface area contributed by atoms with E-state index in [-0.39, 0.29) is 0 Å². The van der Waals surface area contributed by atoms with Crippen LogP contribution in [0, 0.1) is 0 Å². The second-order valence-corrected chi connectivity index (χ2v) is 2.84. The van der Waals surface area contributed by atoms with Crippen LogP contribution < -0.4 is 0 Å². The molecular weight excluding hydrogens is 182 g/mol. The zero-order chi connectivity index (χ0) is 9.97. The summed E-state index contributed by atoms with van der Waals surface area (Å²) in [7, 11) is 1.59. The largest absolute Gasteiger partial charge is 0.377 e. The Labute approximate surface area is 80.3 Å². The molecule has 0 saturated carbocycles. The fourth-order valence-corrected chi connectivity index (χ4v) is 1.20. The zero-order valence-corrected chi connectivity index (χ0v) is 7.67. The number of aldehydes is 1. The summed E-state index contributed by atoms with van der Waals surface area (Å²) in [6, 6.07) is 3.45. The molecule has 72 valence electrons. The van der Waals surface area contributed by atoms with Gasteiger partial charge in [0.2, 0.25) is 0 Å². The molecule has 0 bridgehead atoms. The van der Waals surface area contributed by atoms with E-state index in [1.165, 1.54) is 0 Å². The van der Waals surface area contributed by atoms with Crippen molar-refractivity contribution in [2.45, 2.75) is 6.61 Å². The van der Waals surface area contributed by atoms with Crippen LogP contribution in [0.4, 0.5) is 0 Å². The van der Waals surface area contributed by atoms with Gasteiger partial charge in [-0.25, -0.2) is 9.50 Å². The maximum absolute atomic E-state index is 10.5. The van der Waals surface area contributed by atoms with Crippen molar-refractivity contribution in [2.75, 3.05) is 7.11 Å². The number of aromatic nitrogens is 3. The number of ether oxygens (including phenoxy) is 1. The van der Waals surface area contributed by atoms with Gasteiger partial charge in [0.25, 0.3) is 0 Å². The highest BCUT2D eigenvalue weighted by Crippen LogP contribution is 2.03. The van der Waals surface area contributed by atoms with Crippen LogP contribution in [0.2, 0.25) is 0 Å². The number of carbonyl (C=O) groups is 1. The number of methoxy groups -OCH3 is 1. The first-order valence-corrected chi connectivity index (χ1v) is 4.13. The summed E-state index contributed by atoms with van der Waals surface area (Å²) in [5.41, 5.74) is 1.29. The zero-order valence-electron chi connectivity index (χ0n) is 7.67. The van der Waals surface area contributed by atoms with Crippen molar-refractivity contribution in [1.82, 2.24) is 14.6 Å². The number of fused-ring (bicyclic) bond motifs is 1. The Bertz CT molecular complexity index is 464. The van der Waals surface area contributed by atoms with Gasteiger partial charge >= 0.3 is 0 Å². The molecule has 0 aliphatic rings. The Morgan fingerprint density at radius 1 is 1.57 bits per heavy atom. The molecule has 2 aromatic heterocycles. The molecule has 0 aromatic carbocycles. The third kappa shape index (κ3) is 1.49. The van der Waals surface area contributed by atoms with Gasteiger partial charge in [0, 0.05) is 18.9 Å². The molecule has 5 heteroatoms. The van der Waals surface area contributed by atoms with Gasteiger partial charge in [-0.3, -0.25) is 4.79 Å². The second kappa shape index (κ2) is 3.55. The molecule has 14 heavy (non-hydrogen) atoms. The summed E-state index contributed by atoms with van der Waals surface area (Å²) < 4.78 is 6.47. The molecule has 2 rings (SSSR count). The number of rotatable bonds is 3. The van der Waals surface area contributed by atoms with Crippen LogP contribution in [-0.4, -0.2) is 28.0 Å². The number of hydrogen-bond donors (Lipinski definition) is 0. The lowest BCUT2D eigenvalue weighted by molar-refractivity contribution is 0.112. The van der Waals surface area contributed by atoms with Crippen molar-refractivity contribution in [1.29, 1.82) is 0 Å². The summed E-state index contributed by atoms with van der Waals surface area (Å²) in [5, 5.41) is 4.13. The van der Waals surface area contributed by atoms with Crippen molar-refractivity contribution in [3.8, 4) is 0 Å². The van der Waals surface area contributed by atoms with Crippen LogP contribution in [0.5, 0.6) is 0 Å². The number of hydrogen-bond acceptors (Lipinski definition) is 4. The predicted octanol–water partition coefficient (Wildman–Crippen LogP) is 0.688. The minimum Gasteiger partial charge on any atom is -0.377 e. The Kier molecular flexibility index (Phi) is 2.24. The van der Waals surface area contributed by atoms with Crippen LogP contribution in [0.25, 0.3) is 5.65 Å². The molecule has 0 saturated heterocycles. The lowest BCUT2D eigenvalue weighted by Gasteiger charge is -1.90. The fourth-order valence-electron chi connectivity index (χ4n) is 1.20. The molecular formula is C9H9N3O2. The van der Waals surface area contributed by atoms with Crippen LogP contribution in [0.3, 0.4) is 0 Å². The van der Waals surface area contributed by atoms with E-state index in [2.05, 4.69) is 10.1 Å². The quantitative estimate of drug-likeness (QED) is 0.670. The monoisotopic (exact) mass is 191 g/mol. The molecule has 0 aliphatic heterocycles. The molecule has 2 aromatic rings. The fraction of sp³-hybridized carbons (Fsp3) is 0.222. The molecule has 0 aliphatic carbocycles. The molecule has 0 amide bonds. The number of pyridine rings is 1. The van der Waals surface area contributed by atoms with Crippen molar-refractivity contribution < 1.29 is 9.53 Å². The summed E-state index contributed by atoms with van der Waals surface area (Å²) in [6.45, 7) is 0.373. The van der Waals surface area contributed by atoms with Gasteiger partial charge in [-0.1, -0.05) is 0 Å². The Hall–Kier alpha value is -1.75. The molecule has 0 spiro atoms. The van der Waals surface area contributed by atoms with E-state index in [4.69, 9.17) is 4.74 Å². The van der Waals surface area contributed by atoms with E-state index in [0.717, 1.165) is 6.29 Å². The second-order valence-electron chi connectivity index (χ2n) is 2.84. The first kappa shape index (κ1) is 8.83. The van der Waals surface area contributed by atoms with Gasteiger partial charge in [-0.05, 0) is 12.1 Å². The van der Waals surface area contributed by atoms with Crippen LogP contribution in [-0.2, 0) is 11.3 Å². The number of carbonyl (C=O) groups excluding carboxylic acids is 1. The third-order valence-corrected chi connectivity index (χ3v) is 1.81. The van der Waals surface area contributed by atoms with E-state index in [9.17, 15) is 4.79 Å². The summed E-state index contributed by atoms with van der Waals surface area (Å²) >= 11 is 0. The first-order chi connectivity index (χ1) is 6.83. The van der Waals surface area contributed by atoms with E-state index in [0.29, 0.717) is 23.6 Å². The SMILES string of the molecule is COCc1nc2ccc(C=O)cn2n1. The lowest BCUT2D eigenvalue weighted by atomic mass is 10.3. The van der Waals surface area contributed by atoms with E-state index >= 15 is 0 Å². The Morgan fingerprint density at radius 2 is 2.43 bits per heavy atom. The topological polar surface area (TPSA) is 56.5 Å². The average molecular weight is 191 g/mol. The molecule has 0 radical (unpaired) electrons. The van der Waals surface area contributed by atoms with Gasteiger partial charge < -0.3 is 4.74 Å². The highest BCUT2D eigenvalue weighted by atomic mass is 16.5. The maximum Gasteiger partial charge on any atom is 0.177 e.